The van der Waals surface area contributed by atoms with Crippen molar-refractivity contribution in [3.05, 3.63) is 0 Å². The maximum Gasteiger partial charge on any atom is 0.255 e. The van der Waals surface area contributed by atoms with Crippen LogP contribution >= 0.6 is 15.9 Å². The van der Waals surface area contributed by atoms with Gasteiger partial charge < -0.3 is 9.64 Å². The molecule has 1 fully saturated rings. The van der Waals surface area contributed by atoms with Crippen LogP contribution in [-0.2, 0) is 9.53 Å². The lowest BCUT2D eigenvalue weighted by molar-refractivity contribution is -0.133. The fourth-order valence-corrected chi connectivity index (χ4v) is 2.33. The average Bonchev–Trinajstić information content (AvgIpc) is 2.77. The van der Waals surface area contributed by atoms with Gasteiger partial charge >= 0.3 is 0 Å². The Morgan fingerprint density at radius 2 is 2.29 bits per heavy atom. The zero-order valence-corrected chi connectivity index (χ0v) is 11.3. The molecule has 1 amide bonds. The smallest absolute Gasteiger partial charge is 0.255 e. The van der Waals surface area contributed by atoms with Crippen molar-refractivity contribution in [1.29, 1.82) is 0 Å². The van der Waals surface area contributed by atoms with Gasteiger partial charge in [0, 0.05) is 24.9 Å². The zero-order chi connectivity index (χ0) is 12.7. The molecular formula is C11H18BrF2NO2. The van der Waals surface area contributed by atoms with Gasteiger partial charge in [0.25, 0.3) is 6.43 Å². The molecule has 0 radical (unpaired) electrons. The molecule has 3 nitrogen and oxygen atoms in total. The summed E-state index contributed by atoms with van der Waals surface area (Å²) >= 11 is 3.16. The van der Waals surface area contributed by atoms with Crippen LogP contribution in [0.1, 0.15) is 25.7 Å². The van der Waals surface area contributed by atoms with E-state index >= 15 is 0 Å². The number of halogens is 3. The second kappa shape index (κ2) is 7.97. The summed E-state index contributed by atoms with van der Waals surface area (Å²) in [7, 11) is 0. The lowest BCUT2D eigenvalue weighted by Gasteiger charge is -2.22. The van der Waals surface area contributed by atoms with Crippen LogP contribution in [0.3, 0.4) is 0 Å². The highest BCUT2D eigenvalue weighted by Gasteiger charge is 2.21. The highest BCUT2D eigenvalue weighted by molar-refractivity contribution is 9.09. The van der Waals surface area contributed by atoms with Gasteiger partial charge in [0.05, 0.1) is 12.6 Å². The summed E-state index contributed by atoms with van der Waals surface area (Å²) in [5.41, 5.74) is 0. The van der Waals surface area contributed by atoms with Crippen molar-refractivity contribution in [2.75, 3.05) is 25.0 Å². The first-order valence-corrected chi connectivity index (χ1v) is 6.99. The van der Waals surface area contributed by atoms with Crippen molar-refractivity contribution in [3.8, 4) is 0 Å². The molecule has 0 N–H and O–H groups in total. The first-order valence-electron chi connectivity index (χ1n) is 5.87. The molecule has 0 bridgehead atoms. The Balaban J connectivity index is 2.30. The fraction of sp³-hybridized carbons (Fsp3) is 0.909. The van der Waals surface area contributed by atoms with Crippen LogP contribution in [-0.4, -0.2) is 48.4 Å². The summed E-state index contributed by atoms with van der Waals surface area (Å²) in [6.45, 7) is 0.603. The summed E-state index contributed by atoms with van der Waals surface area (Å²) in [5, 5.41) is 0.519. The first-order chi connectivity index (χ1) is 8.13. The Morgan fingerprint density at radius 1 is 1.53 bits per heavy atom. The van der Waals surface area contributed by atoms with Gasteiger partial charge in [-0.05, 0) is 19.3 Å². The predicted molar refractivity (Wildman–Crippen MR) is 64.6 cm³/mol. The zero-order valence-electron chi connectivity index (χ0n) is 9.71. The standard InChI is InChI=1S/C11H18BrF2NO2/c12-5-6-15(8-10(13)14)11(16)4-3-9-2-1-7-17-9/h9-10H,1-8H2. The van der Waals surface area contributed by atoms with Crippen LogP contribution in [0.5, 0.6) is 0 Å². The maximum absolute atomic E-state index is 12.3. The van der Waals surface area contributed by atoms with Crippen molar-refractivity contribution in [1.82, 2.24) is 4.90 Å². The lowest BCUT2D eigenvalue weighted by Crippen LogP contribution is -2.36. The minimum absolute atomic E-state index is 0.135. The van der Waals surface area contributed by atoms with Crippen LogP contribution < -0.4 is 0 Å². The molecule has 1 rings (SSSR count). The number of ether oxygens (including phenoxy) is 1. The molecule has 6 heteroatoms. The molecule has 1 heterocycles. The van der Waals surface area contributed by atoms with Crippen LogP contribution in [0, 0.1) is 0 Å². The molecular weight excluding hydrogens is 296 g/mol. The second-order valence-electron chi connectivity index (χ2n) is 4.09. The van der Waals surface area contributed by atoms with Crippen LogP contribution in [0.15, 0.2) is 0 Å². The summed E-state index contributed by atoms with van der Waals surface area (Å²) in [6, 6.07) is 0. The largest absolute Gasteiger partial charge is 0.378 e. The molecule has 1 saturated heterocycles. The average molecular weight is 314 g/mol. The van der Waals surface area contributed by atoms with Gasteiger partial charge in [0.1, 0.15) is 0 Å². The Labute approximate surface area is 109 Å². The van der Waals surface area contributed by atoms with Gasteiger partial charge in [-0.15, -0.1) is 0 Å². The molecule has 0 aromatic carbocycles. The van der Waals surface area contributed by atoms with E-state index in [0.29, 0.717) is 24.7 Å². The number of alkyl halides is 3. The number of carbonyl (C=O) groups is 1. The number of rotatable bonds is 7. The molecule has 17 heavy (non-hydrogen) atoms. The molecule has 0 aromatic heterocycles. The topological polar surface area (TPSA) is 29.5 Å². The summed E-state index contributed by atoms with van der Waals surface area (Å²) in [4.78, 5) is 13.0. The van der Waals surface area contributed by atoms with E-state index in [2.05, 4.69) is 15.9 Å². The van der Waals surface area contributed by atoms with Crippen molar-refractivity contribution in [3.63, 3.8) is 0 Å². The van der Waals surface area contributed by atoms with E-state index < -0.39 is 13.0 Å². The third-order valence-corrected chi connectivity index (χ3v) is 3.12. The molecule has 1 aliphatic rings. The van der Waals surface area contributed by atoms with Crippen molar-refractivity contribution in [2.45, 2.75) is 38.2 Å². The minimum Gasteiger partial charge on any atom is -0.378 e. The Hall–Kier alpha value is -0.230. The van der Waals surface area contributed by atoms with Crippen LogP contribution in [0.4, 0.5) is 8.78 Å². The number of carbonyl (C=O) groups excluding carboxylic acids is 1. The normalized spacial score (nSPS) is 19.9. The maximum atomic E-state index is 12.3. The number of hydrogen-bond acceptors (Lipinski definition) is 2. The monoisotopic (exact) mass is 313 g/mol. The number of nitrogens with zero attached hydrogens (tertiary/aromatic N) is 1. The van der Waals surface area contributed by atoms with E-state index in [0.717, 1.165) is 19.4 Å². The minimum atomic E-state index is -2.47. The summed E-state index contributed by atoms with van der Waals surface area (Å²) in [5.74, 6) is -0.208. The van der Waals surface area contributed by atoms with Gasteiger partial charge in [-0.2, -0.15) is 0 Å². The second-order valence-corrected chi connectivity index (χ2v) is 4.89. The van der Waals surface area contributed by atoms with Gasteiger partial charge in [0.15, 0.2) is 0 Å². The predicted octanol–water partition coefficient (Wildman–Crippen LogP) is 2.43. The molecule has 0 aromatic rings. The summed E-state index contributed by atoms with van der Waals surface area (Å²) in [6.07, 6.45) is 0.601. The number of hydrogen-bond donors (Lipinski definition) is 0. The van der Waals surface area contributed by atoms with Crippen LogP contribution in [0.2, 0.25) is 0 Å². The molecule has 1 aliphatic heterocycles. The van der Waals surface area contributed by atoms with Gasteiger partial charge in [0.2, 0.25) is 5.91 Å². The summed E-state index contributed by atoms with van der Waals surface area (Å²) < 4.78 is 29.9. The third kappa shape index (κ3) is 5.77. The number of amides is 1. The highest BCUT2D eigenvalue weighted by Crippen LogP contribution is 2.17. The van der Waals surface area contributed by atoms with E-state index in [1.54, 1.807) is 0 Å². The highest BCUT2D eigenvalue weighted by atomic mass is 79.9. The van der Waals surface area contributed by atoms with Gasteiger partial charge in [-0.1, -0.05) is 15.9 Å². The SMILES string of the molecule is O=C(CCC1CCCO1)N(CCBr)CC(F)F. The Kier molecular flexibility index (Phi) is 6.96. The van der Waals surface area contributed by atoms with E-state index in [9.17, 15) is 13.6 Å². The third-order valence-electron chi connectivity index (χ3n) is 2.77. The van der Waals surface area contributed by atoms with Crippen molar-refractivity contribution < 1.29 is 18.3 Å². The van der Waals surface area contributed by atoms with E-state index in [-0.39, 0.29) is 12.0 Å². The first kappa shape index (κ1) is 14.8. The van der Waals surface area contributed by atoms with Gasteiger partial charge in [-0.25, -0.2) is 8.78 Å². The molecule has 1 unspecified atom stereocenters. The molecule has 0 aliphatic carbocycles. The molecule has 0 saturated carbocycles. The molecule has 1 atom stereocenters. The van der Waals surface area contributed by atoms with E-state index in [4.69, 9.17) is 4.74 Å². The van der Waals surface area contributed by atoms with Crippen molar-refractivity contribution in [2.24, 2.45) is 0 Å². The van der Waals surface area contributed by atoms with Crippen LogP contribution in [0.25, 0.3) is 0 Å². The quantitative estimate of drug-likeness (QED) is 0.676. The van der Waals surface area contributed by atoms with Gasteiger partial charge in [-0.3, -0.25) is 4.79 Å². The lowest BCUT2D eigenvalue weighted by atomic mass is 10.1. The fourth-order valence-electron chi connectivity index (χ4n) is 1.90. The van der Waals surface area contributed by atoms with E-state index in [1.165, 1.54) is 4.90 Å². The van der Waals surface area contributed by atoms with E-state index in [1.807, 2.05) is 0 Å². The Bertz CT molecular complexity index is 236. The Morgan fingerprint density at radius 3 is 2.82 bits per heavy atom. The molecule has 100 valence electrons. The molecule has 0 spiro atoms. The van der Waals surface area contributed by atoms with Crippen molar-refractivity contribution >= 4 is 21.8 Å².